The Balaban J connectivity index is 2.15. The van der Waals surface area contributed by atoms with E-state index in [2.05, 4.69) is 10.6 Å². The molecule has 19 heavy (non-hydrogen) atoms. The number of nitro groups is 1. The third-order valence-corrected chi connectivity index (χ3v) is 3.10. The van der Waals surface area contributed by atoms with E-state index in [0.29, 0.717) is 6.04 Å². The standard InChI is InChI=1S/C13H19N3O3/c1-2-14-11-7-12(9-13(8-11)16(17)18)15-10-3-5-19-6-4-10/h7-10,14-15H,2-6H2,1H3. The van der Waals surface area contributed by atoms with Gasteiger partial charge in [0.05, 0.1) is 4.92 Å². The van der Waals surface area contributed by atoms with Crippen molar-refractivity contribution in [1.29, 1.82) is 0 Å². The van der Waals surface area contributed by atoms with E-state index in [1.807, 2.05) is 13.0 Å². The number of hydrogen-bond donors (Lipinski definition) is 2. The Morgan fingerprint density at radius 1 is 1.32 bits per heavy atom. The minimum Gasteiger partial charge on any atom is -0.385 e. The quantitative estimate of drug-likeness (QED) is 0.632. The fourth-order valence-corrected chi connectivity index (χ4v) is 2.18. The summed E-state index contributed by atoms with van der Waals surface area (Å²) in [5.74, 6) is 0. The van der Waals surface area contributed by atoms with Crippen LogP contribution < -0.4 is 10.6 Å². The fraction of sp³-hybridized carbons (Fsp3) is 0.538. The molecular formula is C13H19N3O3. The van der Waals surface area contributed by atoms with Gasteiger partial charge in [-0.3, -0.25) is 10.1 Å². The summed E-state index contributed by atoms with van der Waals surface area (Å²) in [6.07, 6.45) is 1.86. The number of benzene rings is 1. The average Bonchev–Trinajstić information content (AvgIpc) is 2.40. The lowest BCUT2D eigenvalue weighted by molar-refractivity contribution is -0.384. The highest BCUT2D eigenvalue weighted by molar-refractivity contribution is 5.63. The first kappa shape index (κ1) is 13.6. The number of nitrogens with zero attached hydrogens (tertiary/aromatic N) is 1. The largest absolute Gasteiger partial charge is 0.385 e. The second-order valence-corrected chi connectivity index (χ2v) is 4.59. The Bertz CT molecular complexity index is 445. The van der Waals surface area contributed by atoms with Crippen LogP contribution in [-0.4, -0.2) is 30.7 Å². The van der Waals surface area contributed by atoms with Crippen LogP contribution in [-0.2, 0) is 4.74 Å². The molecule has 1 aromatic carbocycles. The molecule has 0 aliphatic carbocycles. The first-order valence-electron chi connectivity index (χ1n) is 6.56. The van der Waals surface area contributed by atoms with Gasteiger partial charge in [-0.05, 0) is 25.8 Å². The van der Waals surface area contributed by atoms with Crippen LogP contribution in [0.2, 0.25) is 0 Å². The van der Waals surface area contributed by atoms with Gasteiger partial charge in [-0.25, -0.2) is 0 Å². The fourth-order valence-electron chi connectivity index (χ4n) is 2.18. The Labute approximate surface area is 112 Å². The van der Waals surface area contributed by atoms with Crippen molar-refractivity contribution >= 4 is 17.1 Å². The highest BCUT2D eigenvalue weighted by atomic mass is 16.6. The van der Waals surface area contributed by atoms with Gasteiger partial charge in [0.25, 0.3) is 5.69 Å². The summed E-state index contributed by atoms with van der Waals surface area (Å²) in [5.41, 5.74) is 1.66. The van der Waals surface area contributed by atoms with Crippen molar-refractivity contribution in [3.8, 4) is 0 Å². The van der Waals surface area contributed by atoms with Crippen LogP contribution in [0.4, 0.5) is 17.1 Å². The molecule has 1 fully saturated rings. The lowest BCUT2D eigenvalue weighted by Gasteiger charge is -2.24. The van der Waals surface area contributed by atoms with Crippen molar-refractivity contribution in [2.45, 2.75) is 25.8 Å². The highest BCUT2D eigenvalue weighted by Crippen LogP contribution is 2.26. The predicted octanol–water partition coefficient (Wildman–Crippen LogP) is 2.62. The monoisotopic (exact) mass is 265 g/mol. The zero-order chi connectivity index (χ0) is 13.7. The second-order valence-electron chi connectivity index (χ2n) is 4.59. The van der Waals surface area contributed by atoms with Crippen LogP contribution >= 0.6 is 0 Å². The molecule has 0 aromatic heterocycles. The molecule has 0 amide bonds. The smallest absolute Gasteiger partial charge is 0.273 e. The van der Waals surface area contributed by atoms with Crippen molar-refractivity contribution in [3.05, 3.63) is 28.3 Å². The Hall–Kier alpha value is -1.82. The lowest BCUT2D eigenvalue weighted by atomic mass is 10.1. The van der Waals surface area contributed by atoms with E-state index in [9.17, 15) is 10.1 Å². The number of rotatable bonds is 5. The molecule has 0 bridgehead atoms. The molecule has 104 valence electrons. The van der Waals surface area contributed by atoms with Crippen molar-refractivity contribution in [1.82, 2.24) is 0 Å². The van der Waals surface area contributed by atoms with Crippen LogP contribution in [0, 0.1) is 10.1 Å². The van der Waals surface area contributed by atoms with Gasteiger partial charge in [-0.15, -0.1) is 0 Å². The normalized spacial score (nSPS) is 16.1. The zero-order valence-corrected chi connectivity index (χ0v) is 11.0. The van der Waals surface area contributed by atoms with Gasteiger partial charge < -0.3 is 15.4 Å². The minimum atomic E-state index is -0.365. The van der Waals surface area contributed by atoms with E-state index < -0.39 is 0 Å². The summed E-state index contributed by atoms with van der Waals surface area (Å²) >= 11 is 0. The number of nitro benzene ring substituents is 1. The summed E-state index contributed by atoms with van der Waals surface area (Å²) in [6.45, 7) is 4.18. The Kier molecular flexibility index (Phi) is 4.57. The summed E-state index contributed by atoms with van der Waals surface area (Å²) in [6, 6.07) is 5.37. The molecule has 1 aromatic rings. The zero-order valence-electron chi connectivity index (χ0n) is 11.0. The maximum absolute atomic E-state index is 10.9. The van der Waals surface area contributed by atoms with Gasteiger partial charge in [0, 0.05) is 49.3 Å². The third kappa shape index (κ3) is 3.82. The Morgan fingerprint density at radius 2 is 2.00 bits per heavy atom. The van der Waals surface area contributed by atoms with Crippen LogP contribution in [0.15, 0.2) is 18.2 Å². The van der Waals surface area contributed by atoms with E-state index in [4.69, 9.17) is 4.74 Å². The molecule has 1 aliphatic heterocycles. The number of nitrogens with one attached hydrogen (secondary N) is 2. The van der Waals surface area contributed by atoms with E-state index >= 15 is 0 Å². The third-order valence-electron chi connectivity index (χ3n) is 3.10. The van der Waals surface area contributed by atoms with Crippen molar-refractivity contribution < 1.29 is 9.66 Å². The summed E-state index contributed by atoms with van der Waals surface area (Å²) < 4.78 is 5.30. The molecule has 1 saturated heterocycles. The summed E-state index contributed by atoms with van der Waals surface area (Å²) in [7, 11) is 0. The topological polar surface area (TPSA) is 76.4 Å². The molecule has 0 radical (unpaired) electrons. The SMILES string of the molecule is CCNc1cc(NC2CCOCC2)cc([N+](=O)[O-])c1. The van der Waals surface area contributed by atoms with E-state index in [0.717, 1.165) is 44.0 Å². The molecule has 1 heterocycles. The molecule has 6 heteroatoms. The molecule has 6 nitrogen and oxygen atoms in total. The van der Waals surface area contributed by atoms with Crippen molar-refractivity contribution in [2.75, 3.05) is 30.4 Å². The molecule has 0 unspecified atom stereocenters. The Morgan fingerprint density at radius 3 is 2.63 bits per heavy atom. The van der Waals surface area contributed by atoms with Gasteiger partial charge in [-0.1, -0.05) is 0 Å². The first-order valence-corrected chi connectivity index (χ1v) is 6.56. The van der Waals surface area contributed by atoms with Crippen molar-refractivity contribution in [2.24, 2.45) is 0 Å². The van der Waals surface area contributed by atoms with Crippen LogP contribution in [0.25, 0.3) is 0 Å². The van der Waals surface area contributed by atoms with E-state index in [1.165, 1.54) is 0 Å². The van der Waals surface area contributed by atoms with E-state index in [1.54, 1.807) is 12.1 Å². The minimum absolute atomic E-state index is 0.105. The maximum atomic E-state index is 10.9. The number of non-ortho nitro benzene ring substituents is 1. The molecule has 0 spiro atoms. The van der Waals surface area contributed by atoms with Gasteiger partial charge in [0.1, 0.15) is 0 Å². The molecule has 2 rings (SSSR count). The number of ether oxygens (including phenoxy) is 1. The maximum Gasteiger partial charge on any atom is 0.273 e. The van der Waals surface area contributed by atoms with Crippen LogP contribution in [0.5, 0.6) is 0 Å². The molecule has 0 atom stereocenters. The van der Waals surface area contributed by atoms with E-state index in [-0.39, 0.29) is 10.6 Å². The number of anilines is 2. The van der Waals surface area contributed by atoms with Gasteiger partial charge in [-0.2, -0.15) is 0 Å². The first-order chi connectivity index (χ1) is 9.19. The molecule has 2 N–H and O–H groups in total. The predicted molar refractivity (Wildman–Crippen MR) is 74.7 cm³/mol. The van der Waals surface area contributed by atoms with Crippen molar-refractivity contribution in [3.63, 3.8) is 0 Å². The summed E-state index contributed by atoms with van der Waals surface area (Å²) in [4.78, 5) is 10.6. The highest BCUT2D eigenvalue weighted by Gasteiger charge is 2.15. The lowest BCUT2D eigenvalue weighted by Crippen LogP contribution is -2.27. The average molecular weight is 265 g/mol. The molecular weight excluding hydrogens is 246 g/mol. The van der Waals surface area contributed by atoms with Crippen LogP contribution in [0.3, 0.4) is 0 Å². The van der Waals surface area contributed by atoms with Gasteiger partial charge >= 0.3 is 0 Å². The summed E-state index contributed by atoms with van der Waals surface area (Å²) in [5, 5.41) is 17.4. The van der Waals surface area contributed by atoms with Gasteiger partial charge in [0.15, 0.2) is 0 Å². The van der Waals surface area contributed by atoms with Gasteiger partial charge in [0.2, 0.25) is 0 Å². The van der Waals surface area contributed by atoms with Crippen LogP contribution in [0.1, 0.15) is 19.8 Å². The molecule has 1 aliphatic rings. The molecule has 0 saturated carbocycles. The number of hydrogen-bond acceptors (Lipinski definition) is 5. The second kappa shape index (κ2) is 6.38.